The molecule has 1 aromatic heterocycles. The highest BCUT2D eigenvalue weighted by Gasteiger charge is 2.27. The van der Waals surface area contributed by atoms with E-state index in [-0.39, 0.29) is 0 Å². The maximum Gasteiger partial charge on any atom is 0.0445 e. The monoisotopic (exact) mass is 293 g/mol. The van der Waals surface area contributed by atoms with Crippen molar-refractivity contribution in [3.8, 4) is 0 Å². The highest BCUT2D eigenvalue weighted by Crippen LogP contribution is 2.37. The van der Waals surface area contributed by atoms with E-state index in [2.05, 4.69) is 36.7 Å². The van der Waals surface area contributed by atoms with Gasteiger partial charge in [-0.3, -0.25) is 0 Å². The molecule has 1 N–H and O–H groups in total. The summed E-state index contributed by atoms with van der Waals surface area (Å²) in [5, 5.41) is 6.18. The summed E-state index contributed by atoms with van der Waals surface area (Å²) >= 11 is 1.93. The average Bonchev–Trinajstić information content (AvgIpc) is 3.13. The smallest absolute Gasteiger partial charge is 0.0445 e. The molecule has 1 saturated carbocycles. The van der Waals surface area contributed by atoms with Crippen molar-refractivity contribution in [2.24, 2.45) is 5.92 Å². The predicted octanol–water partition coefficient (Wildman–Crippen LogP) is 5.93. The summed E-state index contributed by atoms with van der Waals surface area (Å²) in [5.74, 6) is 0.867. The highest BCUT2D eigenvalue weighted by molar-refractivity contribution is 7.10. The first kappa shape index (κ1) is 16.0. The van der Waals surface area contributed by atoms with Gasteiger partial charge in [-0.15, -0.1) is 11.3 Å². The van der Waals surface area contributed by atoms with Gasteiger partial charge >= 0.3 is 0 Å². The molecule has 0 aromatic carbocycles. The summed E-state index contributed by atoms with van der Waals surface area (Å²) in [6.07, 6.45) is 12.5. The summed E-state index contributed by atoms with van der Waals surface area (Å²) in [4.78, 5) is 1.55. The van der Waals surface area contributed by atoms with Crippen molar-refractivity contribution < 1.29 is 0 Å². The molecule has 114 valence electrons. The fourth-order valence-corrected chi connectivity index (χ4v) is 4.36. The van der Waals surface area contributed by atoms with Crippen molar-refractivity contribution in [1.29, 1.82) is 0 Å². The van der Waals surface area contributed by atoms with Crippen LogP contribution in [0.1, 0.15) is 82.6 Å². The van der Waals surface area contributed by atoms with Gasteiger partial charge in [0, 0.05) is 17.0 Å². The van der Waals surface area contributed by atoms with E-state index in [0.29, 0.717) is 12.1 Å². The summed E-state index contributed by atoms with van der Waals surface area (Å²) in [6, 6.07) is 5.79. The Morgan fingerprint density at radius 3 is 2.70 bits per heavy atom. The second-order valence-electron chi connectivity index (χ2n) is 6.45. The zero-order valence-corrected chi connectivity index (χ0v) is 14.1. The van der Waals surface area contributed by atoms with E-state index in [1.165, 1.54) is 57.8 Å². The Bertz CT molecular complexity index is 340. The average molecular weight is 294 g/mol. The molecule has 1 aliphatic carbocycles. The lowest BCUT2D eigenvalue weighted by atomic mass is 9.95. The molecule has 0 aliphatic heterocycles. The quantitative estimate of drug-likeness (QED) is 0.557. The molecule has 0 amide bonds. The van der Waals surface area contributed by atoms with Crippen LogP contribution in [0.25, 0.3) is 0 Å². The molecular weight excluding hydrogens is 262 g/mol. The van der Waals surface area contributed by atoms with E-state index in [9.17, 15) is 0 Å². The lowest BCUT2D eigenvalue weighted by Crippen LogP contribution is -2.34. The number of hydrogen-bond donors (Lipinski definition) is 1. The maximum atomic E-state index is 3.95. The van der Waals surface area contributed by atoms with Gasteiger partial charge in [-0.25, -0.2) is 0 Å². The van der Waals surface area contributed by atoms with E-state index in [4.69, 9.17) is 0 Å². The lowest BCUT2D eigenvalue weighted by Gasteiger charge is -2.27. The third-order valence-corrected chi connectivity index (χ3v) is 5.63. The third kappa shape index (κ3) is 4.89. The Morgan fingerprint density at radius 1 is 1.25 bits per heavy atom. The van der Waals surface area contributed by atoms with E-state index < -0.39 is 0 Å². The van der Waals surface area contributed by atoms with Crippen LogP contribution >= 0.6 is 11.3 Å². The molecule has 20 heavy (non-hydrogen) atoms. The van der Waals surface area contributed by atoms with Crippen LogP contribution in [0.2, 0.25) is 0 Å². The Hall–Kier alpha value is -0.340. The minimum Gasteiger partial charge on any atom is -0.306 e. The molecule has 0 saturated heterocycles. The lowest BCUT2D eigenvalue weighted by molar-refractivity contribution is 0.328. The molecule has 2 atom stereocenters. The first-order valence-electron chi connectivity index (χ1n) is 8.60. The van der Waals surface area contributed by atoms with Crippen molar-refractivity contribution in [1.82, 2.24) is 5.32 Å². The normalized spacial score (nSPS) is 19.3. The largest absolute Gasteiger partial charge is 0.306 e. The van der Waals surface area contributed by atoms with Crippen LogP contribution in [0.4, 0.5) is 0 Å². The zero-order valence-electron chi connectivity index (χ0n) is 13.2. The third-order valence-electron chi connectivity index (χ3n) is 4.68. The molecule has 2 unspecified atom stereocenters. The van der Waals surface area contributed by atoms with Gasteiger partial charge in [-0.2, -0.15) is 0 Å². The maximum absolute atomic E-state index is 3.95. The van der Waals surface area contributed by atoms with E-state index in [1.54, 1.807) is 4.88 Å². The molecule has 0 spiro atoms. The van der Waals surface area contributed by atoms with Crippen LogP contribution in [0.5, 0.6) is 0 Å². The highest BCUT2D eigenvalue weighted by atomic mass is 32.1. The number of thiophene rings is 1. The van der Waals surface area contributed by atoms with E-state index in [0.717, 1.165) is 5.92 Å². The van der Waals surface area contributed by atoms with Gasteiger partial charge < -0.3 is 5.32 Å². The minimum absolute atomic E-state index is 0.610. The molecule has 1 aromatic rings. The summed E-state index contributed by atoms with van der Waals surface area (Å²) < 4.78 is 0. The summed E-state index contributed by atoms with van der Waals surface area (Å²) in [6.45, 7) is 4.66. The van der Waals surface area contributed by atoms with Gasteiger partial charge in [0.05, 0.1) is 0 Å². The van der Waals surface area contributed by atoms with Crippen molar-refractivity contribution >= 4 is 11.3 Å². The molecule has 2 heteroatoms. The molecule has 0 radical (unpaired) electrons. The van der Waals surface area contributed by atoms with Crippen LogP contribution in [0.15, 0.2) is 17.5 Å². The van der Waals surface area contributed by atoms with Crippen LogP contribution in [0.3, 0.4) is 0 Å². The summed E-state index contributed by atoms with van der Waals surface area (Å²) in [5.41, 5.74) is 0. The zero-order chi connectivity index (χ0) is 14.2. The Labute approximate surface area is 129 Å². The van der Waals surface area contributed by atoms with E-state index in [1.807, 2.05) is 11.3 Å². The van der Waals surface area contributed by atoms with Gasteiger partial charge in [0.15, 0.2) is 0 Å². The molecule has 1 aliphatic rings. The van der Waals surface area contributed by atoms with Crippen molar-refractivity contribution in [2.45, 2.75) is 83.7 Å². The first-order chi connectivity index (χ1) is 9.81. The number of unbranched alkanes of at least 4 members (excludes halogenated alkanes) is 3. The van der Waals surface area contributed by atoms with Gasteiger partial charge in [0.2, 0.25) is 0 Å². The topological polar surface area (TPSA) is 12.0 Å². The van der Waals surface area contributed by atoms with Crippen molar-refractivity contribution in [2.75, 3.05) is 0 Å². The molecular formula is C18H31NS. The van der Waals surface area contributed by atoms with Gasteiger partial charge in [0.1, 0.15) is 0 Å². The minimum atomic E-state index is 0.610. The molecule has 2 rings (SSSR count). The fraction of sp³-hybridized carbons (Fsp3) is 0.778. The molecule has 1 fully saturated rings. The van der Waals surface area contributed by atoms with Crippen molar-refractivity contribution in [3.63, 3.8) is 0 Å². The predicted molar refractivity (Wildman–Crippen MR) is 90.4 cm³/mol. The van der Waals surface area contributed by atoms with Crippen LogP contribution in [-0.4, -0.2) is 6.04 Å². The number of hydrogen-bond acceptors (Lipinski definition) is 2. The van der Waals surface area contributed by atoms with Crippen LogP contribution in [0, 0.1) is 5.92 Å². The molecule has 0 bridgehead atoms. The Morgan fingerprint density at radius 2 is 2.05 bits per heavy atom. The van der Waals surface area contributed by atoms with Gasteiger partial charge in [-0.05, 0) is 43.6 Å². The second kappa shape index (κ2) is 8.84. The van der Waals surface area contributed by atoms with E-state index >= 15 is 0 Å². The van der Waals surface area contributed by atoms with Gasteiger partial charge in [0.25, 0.3) is 0 Å². The van der Waals surface area contributed by atoms with Gasteiger partial charge in [-0.1, -0.05) is 51.5 Å². The Balaban J connectivity index is 1.84. The number of rotatable bonds is 9. The fourth-order valence-electron chi connectivity index (χ4n) is 3.48. The molecule has 1 heterocycles. The summed E-state index contributed by atoms with van der Waals surface area (Å²) in [7, 11) is 0. The standard InChI is InChI=1S/C18H31NS/c1-3-4-5-6-10-15(2)19-18(16-11-7-8-12-16)17-13-9-14-20-17/h9,13-16,18-19H,3-8,10-12H2,1-2H3. The molecule has 1 nitrogen and oxygen atoms in total. The van der Waals surface area contributed by atoms with Crippen LogP contribution < -0.4 is 5.32 Å². The first-order valence-corrected chi connectivity index (χ1v) is 9.48. The van der Waals surface area contributed by atoms with Crippen LogP contribution in [-0.2, 0) is 0 Å². The Kier molecular flexibility index (Phi) is 7.09. The van der Waals surface area contributed by atoms with Crippen molar-refractivity contribution in [3.05, 3.63) is 22.4 Å². The SMILES string of the molecule is CCCCCCC(C)NC(c1cccs1)C1CCCC1. The second-order valence-corrected chi connectivity index (χ2v) is 7.43. The number of nitrogens with one attached hydrogen (secondary N) is 1.